The number of nitro benzene ring substituents is 1. The standard InChI is InChI=1S/C15H17NO5/c1-3-20-14(15(17)21-4-2)7-5-6-12-8-10-13(11-9-12)16(18)19/h5-11H,3-4H2,1-2H3. The van der Waals surface area contributed by atoms with Crippen molar-refractivity contribution in [3.8, 4) is 0 Å². The molecule has 0 aliphatic heterocycles. The van der Waals surface area contributed by atoms with E-state index in [1.54, 1.807) is 38.1 Å². The molecule has 0 fully saturated rings. The SMILES string of the molecule is CCOC(=O)C(=CC=Cc1ccc([N+](=O)[O-])cc1)OCC. The van der Waals surface area contributed by atoms with Gasteiger partial charge in [-0.2, -0.15) is 0 Å². The zero-order valence-electron chi connectivity index (χ0n) is 11.9. The van der Waals surface area contributed by atoms with Gasteiger partial charge in [-0.3, -0.25) is 10.1 Å². The van der Waals surface area contributed by atoms with Gasteiger partial charge in [0, 0.05) is 12.1 Å². The number of esters is 1. The maximum atomic E-state index is 11.6. The van der Waals surface area contributed by atoms with Crippen molar-refractivity contribution in [2.45, 2.75) is 13.8 Å². The number of nitrogens with zero attached hydrogens (tertiary/aromatic N) is 1. The number of rotatable bonds is 7. The van der Waals surface area contributed by atoms with E-state index in [-0.39, 0.29) is 18.1 Å². The molecule has 0 spiro atoms. The summed E-state index contributed by atoms with van der Waals surface area (Å²) in [4.78, 5) is 21.6. The third kappa shape index (κ3) is 5.48. The Kier molecular flexibility index (Phi) is 6.67. The fraction of sp³-hybridized carbons (Fsp3) is 0.267. The second kappa shape index (κ2) is 8.52. The molecule has 0 N–H and O–H groups in total. The van der Waals surface area contributed by atoms with Gasteiger partial charge in [0.2, 0.25) is 5.76 Å². The van der Waals surface area contributed by atoms with Crippen molar-refractivity contribution in [2.75, 3.05) is 13.2 Å². The van der Waals surface area contributed by atoms with Gasteiger partial charge in [0.15, 0.2) is 0 Å². The highest BCUT2D eigenvalue weighted by Crippen LogP contribution is 2.13. The molecule has 1 rings (SSSR count). The molecule has 0 aromatic heterocycles. The summed E-state index contributed by atoms with van der Waals surface area (Å²) < 4.78 is 10.1. The van der Waals surface area contributed by atoms with Crippen molar-refractivity contribution in [3.63, 3.8) is 0 Å². The smallest absolute Gasteiger partial charge is 0.373 e. The first-order valence-electron chi connectivity index (χ1n) is 6.51. The summed E-state index contributed by atoms with van der Waals surface area (Å²) in [5, 5.41) is 10.5. The van der Waals surface area contributed by atoms with E-state index in [1.165, 1.54) is 18.2 Å². The first kappa shape index (κ1) is 16.4. The molecule has 0 heterocycles. The Labute approximate surface area is 122 Å². The summed E-state index contributed by atoms with van der Waals surface area (Å²) >= 11 is 0. The Hall–Kier alpha value is -2.63. The van der Waals surface area contributed by atoms with Crippen LogP contribution >= 0.6 is 0 Å². The molecule has 0 unspecified atom stereocenters. The van der Waals surface area contributed by atoms with Crippen molar-refractivity contribution in [1.82, 2.24) is 0 Å². The second-order valence-corrected chi connectivity index (χ2v) is 3.89. The topological polar surface area (TPSA) is 78.7 Å². The molecule has 0 saturated carbocycles. The molecule has 0 bridgehead atoms. The molecule has 0 aliphatic rings. The van der Waals surface area contributed by atoms with Crippen LogP contribution in [0.1, 0.15) is 19.4 Å². The van der Waals surface area contributed by atoms with Crippen molar-refractivity contribution >= 4 is 17.7 Å². The number of benzene rings is 1. The highest BCUT2D eigenvalue weighted by atomic mass is 16.6. The first-order chi connectivity index (χ1) is 10.1. The lowest BCUT2D eigenvalue weighted by Gasteiger charge is -2.06. The Bertz CT molecular complexity index is 546. The van der Waals surface area contributed by atoms with Crippen LogP contribution in [-0.4, -0.2) is 24.1 Å². The average molecular weight is 291 g/mol. The van der Waals surface area contributed by atoms with E-state index in [2.05, 4.69) is 0 Å². The Morgan fingerprint density at radius 1 is 1.19 bits per heavy atom. The van der Waals surface area contributed by atoms with E-state index >= 15 is 0 Å². The summed E-state index contributed by atoms with van der Waals surface area (Å²) in [7, 11) is 0. The normalized spacial score (nSPS) is 11.4. The molecule has 0 atom stereocenters. The van der Waals surface area contributed by atoms with Gasteiger partial charge in [0.25, 0.3) is 5.69 Å². The van der Waals surface area contributed by atoms with Gasteiger partial charge in [-0.15, -0.1) is 0 Å². The number of non-ortho nitro benzene ring substituents is 1. The predicted octanol–water partition coefficient (Wildman–Crippen LogP) is 3.09. The molecule has 0 saturated heterocycles. The number of carbonyl (C=O) groups excluding carboxylic acids is 1. The zero-order chi connectivity index (χ0) is 15.7. The maximum Gasteiger partial charge on any atom is 0.373 e. The minimum absolute atomic E-state index is 0.0317. The van der Waals surface area contributed by atoms with Gasteiger partial charge in [0.1, 0.15) is 0 Å². The summed E-state index contributed by atoms with van der Waals surface area (Å²) in [5.74, 6) is -0.398. The molecule has 0 radical (unpaired) electrons. The summed E-state index contributed by atoms with van der Waals surface area (Å²) in [5.41, 5.74) is 0.806. The third-order valence-corrected chi connectivity index (χ3v) is 2.42. The molecule has 112 valence electrons. The van der Waals surface area contributed by atoms with E-state index in [0.717, 1.165) is 5.56 Å². The summed E-state index contributed by atoms with van der Waals surface area (Å²) in [6, 6.07) is 6.07. The van der Waals surface area contributed by atoms with Crippen LogP contribution in [0.25, 0.3) is 6.08 Å². The number of hydrogen-bond donors (Lipinski definition) is 0. The molecule has 1 aromatic carbocycles. The van der Waals surface area contributed by atoms with Crippen LogP contribution in [-0.2, 0) is 14.3 Å². The Morgan fingerprint density at radius 2 is 1.81 bits per heavy atom. The van der Waals surface area contributed by atoms with Gasteiger partial charge in [-0.05, 0) is 37.6 Å². The number of carbonyl (C=O) groups is 1. The van der Waals surface area contributed by atoms with Gasteiger partial charge < -0.3 is 9.47 Å². The summed E-state index contributed by atoms with van der Waals surface area (Å²) in [6.07, 6.45) is 4.84. The summed E-state index contributed by atoms with van der Waals surface area (Å²) in [6.45, 7) is 4.12. The van der Waals surface area contributed by atoms with Crippen molar-refractivity contribution in [2.24, 2.45) is 0 Å². The van der Waals surface area contributed by atoms with Crippen LogP contribution in [0.4, 0.5) is 5.69 Å². The lowest BCUT2D eigenvalue weighted by Crippen LogP contribution is -2.10. The van der Waals surface area contributed by atoms with Gasteiger partial charge in [0.05, 0.1) is 18.1 Å². The lowest BCUT2D eigenvalue weighted by molar-refractivity contribution is -0.384. The predicted molar refractivity (Wildman–Crippen MR) is 78.5 cm³/mol. The number of allylic oxidation sites excluding steroid dienone is 2. The molecule has 6 nitrogen and oxygen atoms in total. The fourth-order valence-corrected chi connectivity index (χ4v) is 1.49. The van der Waals surface area contributed by atoms with Gasteiger partial charge in [-0.1, -0.05) is 12.2 Å². The van der Waals surface area contributed by atoms with E-state index in [4.69, 9.17) is 9.47 Å². The molecule has 0 amide bonds. The minimum atomic E-state index is -0.521. The van der Waals surface area contributed by atoms with Crippen LogP contribution in [0.15, 0.2) is 42.2 Å². The van der Waals surface area contributed by atoms with Crippen LogP contribution in [0, 0.1) is 10.1 Å². The number of hydrogen-bond acceptors (Lipinski definition) is 5. The monoisotopic (exact) mass is 291 g/mol. The third-order valence-electron chi connectivity index (χ3n) is 2.42. The molecule has 1 aromatic rings. The Balaban J connectivity index is 2.78. The van der Waals surface area contributed by atoms with Crippen molar-refractivity contribution in [3.05, 3.63) is 57.9 Å². The van der Waals surface area contributed by atoms with E-state index in [9.17, 15) is 14.9 Å². The minimum Gasteiger partial charge on any atom is -0.487 e. The van der Waals surface area contributed by atoms with Crippen molar-refractivity contribution in [1.29, 1.82) is 0 Å². The number of ether oxygens (including phenoxy) is 2. The first-order valence-corrected chi connectivity index (χ1v) is 6.51. The fourth-order valence-electron chi connectivity index (χ4n) is 1.49. The zero-order valence-corrected chi connectivity index (χ0v) is 11.9. The lowest BCUT2D eigenvalue weighted by atomic mass is 10.2. The second-order valence-electron chi connectivity index (χ2n) is 3.89. The van der Waals surface area contributed by atoms with Crippen LogP contribution in [0.2, 0.25) is 0 Å². The van der Waals surface area contributed by atoms with Crippen LogP contribution in [0.3, 0.4) is 0 Å². The van der Waals surface area contributed by atoms with E-state index in [1.807, 2.05) is 0 Å². The molecule has 0 aliphatic carbocycles. The van der Waals surface area contributed by atoms with E-state index in [0.29, 0.717) is 6.61 Å². The van der Waals surface area contributed by atoms with Crippen LogP contribution < -0.4 is 0 Å². The van der Waals surface area contributed by atoms with E-state index < -0.39 is 10.9 Å². The quantitative estimate of drug-likeness (QED) is 0.193. The van der Waals surface area contributed by atoms with Crippen molar-refractivity contribution < 1.29 is 19.2 Å². The highest BCUT2D eigenvalue weighted by molar-refractivity contribution is 5.86. The molecule has 21 heavy (non-hydrogen) atoms. The van der Waals surface area contributed by atoms with Gasteiger partial charge in [-0.25, -0.2) is 4.79 Å². The van der Waals surface area contributed by atoms with Crippen LogP contribution in [0.5, 0.6) is 0 Å². The molecular formula is C15H17NO5. The Morgan fingerprint density at radius 3 is 2.33 bits per heavy atom. The molecular weight excluding hydrogens is 274 g/mol. The maximum absolute atomic E-state index is 11.6. The van der Waals surface area contributed by atoms with Gasteiger partial charge >= 0.3 is 5.97 Å². The highest BCUT2D eigenvalue weighted by Gasteiger charge is 2.09. The largest absolute Gasteiger partial charge is 0.487 e. The molecule has 6 heteroatoms. The number of nitro groups is 1. The average Bonchev–Trinajstić information content (AvgIpc) is 2.47.